The number of carbonyl (C=O) groups is 1. The van der Waals surface area contributed by atoms with Gasteiger partial charge in [0.05, 0.1) is 0 Å². The van der Waals surface area contributed by atoms with Crippen molar-refractivity contribution in [3.05, 3.63) is 29.8 Å². The summed E-state index contributed by atoms with van der Waals surface area (Å²) in [6.45, 7) is 6.91. The summed E-state index contributed by atoms with van der Waals surface area (Å²) in [6.07, 6.45) is -3.32. The number of hydrogen-bond acceptors (Lipinski definition) is 4. The second-order valence-corrected chi connectivity index (χ2v) is 9.02. The van der Waals surface area contributed by atoms with Gasteiger partial charge in [-0.2, -0.15) is 13.2 Å². The summed E-state index contributed by atoms with van der Waals surface area (Å²) >= 11 is 0. The Kier molecular flexibility index (Phi) is 5.88. The number of para-hydroxylation sites is 1. The zero-order valence-corrected chi connectivity index (χ0v) is 17.5. The normalized spacial score (nSPS) is 22.8. The van der Waals surface area contributed by atoms with Crippen molar-refractivity contribution in [3.63, 3.8) is 0 Å². The van der Waals surface area contributed by atoms with E-state index in [1.165, 1.54) is 29.0 Å². The molecule has 1 unspecified atom stereocenters. The minimum atomic E-state index is -4.52. The van der Waals surface area contributed by atoms with Gasteiger partial charge in [0.15, 0.2) is 6.10 Å². The molecule has 1 atom stereocenters. The van der Waals surface area contributed by atoms with E-state index in [9.17, 15) is 18.0 Å². The van der Waals surface area contributed by atoms with Crippen molar-refractivity contribution in [2.75, 3.05) is 44.2 Å². The van der Waals surface area contributed by atoms with Gasteiger partial charge in [-0.05, 0) is 49.7 Å². The molecule has 30 heavy (non-hydrogen) atoms. The molecule has 3 heterocycles. The number of anilines is 1. The molecule has 0 saturated carbocycles. The van der Waals surface area contributed by atoms with E-state index in [0.29, 0.717) is 13.1 Å². The molecule has 3 fully saturated rings. The summed E-state index contributed by atoms with van der Waals surface area (Å²) in [5.74, 6) is 0. The van der Waals surface area contributed by atoms with E-state index in [0.717, 1.165) is 52.5 Å². The Balaban J connectivity index is 1.26. The van der Waals surface area contributed by atoms with Gasteiger partial charge < -0.3 is 14.5 Å². The number of carbonyl (C=O) groups excluding carboxylic acids is 1. The van der Waals surface area contributed by atoms with Crippen LogP contribution in [0.3, 0.4) is 0 Å². The van der Waals surface area contributed by atoms with Crippen molar-refractivity contribution in [1.29, 1.82) is 0 Å². The first-order chi connectivity index (χ1) is 14.3. The van der Waals surface area contributed by atoms with E-state index in [1.54, 1.807) is 0 Å². The zero-order valence-electron chi connectivity index (χ0n) is 17.5. The quantitative estimate of drug-likeness (QED) is 0.722. The largest absolute Gasteiger partial charge is 0.437 e. The molecular formula is C22H30F3N3O2. The molecule has 4 rings (SSSR count). The SMILES string of the molecule is CC(OC(=O)N1CCC2(CC1)CN(Cc1ccccc1N1CCCC1)C2)C(F)(F)F. The molecule has 1 spiro atoms. The monoisotopic (exact) mass is 425 g/mol. The third kappa shape index (κ3) is 4.53. The maximum atomic E-state index is 12.6. The number of alkyl halides is 3. The molecule has 5 nitrogen and oxygen atoms in total. The van der Waals surface area contributed by atoms with Crippen LogP contribution in [0.2, 0.25) is 0 Å². The first kappa shape index (κ1) is 21.3. The number of nitrogens with zero attached hydrogens (tertiary/aromatic N) is 3. The van der Waals surface area contributed by atoms with Gasteiger partial charge >= 0.3 is 12.3 Å². The van der Waals surface area contributed by atoms with Crippen LogP contribution >= 0.6 is 0 Å². The second-order valence-electron chi connectivity index (χ2n) is 9.02. The van der Waals surface area contributed by atoms with Crippen molar-refractivity contribution < 1.29 is 22.7 Å². The molecule has 8 heteroatoms. The number of hydrogen-bond donors (Lipinski definition) is 0. The Bertz CT molecular complexity index is 748. The minimum absolute atomic E-state index is 0.176. The number of amides is 1. The van der Waals surface area contributed by atoms with Crippen LogP contribution in [0.4, 0.5) is 23.7 Å². The molecule has 1 aromatic rings. The standard InChI is InChI=1S/C22H30F3N3O2/c1-17(22(23,24)25)30-20(29)28-12-8-21(9-13-28)15-26(16-21)14-18-6-2-3-7-19(18)27-10-4-5-11-27/h2-3,6-7,17H,4-5,8-16H2,1H3. The van der Waals surface area contributed by atoms with Crippen LogP contribution in [-0.2, 0) is 11.3 Å². The molecule has 1 amide bonds. The van der Waals surface area contributed by atoms with Gasteiger partial charge in [0.25, 0.3) is 0 Å². The van der Waals surface area contributed by atoms with Crippen molar-refractivity contribution >= 4 is 11.8 Å². The number of rotatable bonds is 4. The summed E-state index contributed by atoms with van der Waals surface area (Å²) in [5.41, 5.74) is 2.87. The molecule has 0 radical (unpaired) electrons. The Morgan fingerprint density at radius 2 is 1.73 bits per heavy atom. The van der Waals surface area contributed by atoms with Crippen LogP contribution in [0.15, 0.2) is 24.3 Å². The van der Waals surface area contributed by atoms with E-state index >= 15 is 0 Å². The van der Waals surface area contributed by atoms with Gasteiger partial charge in [-0.15, -0.1) is 0 Å². The van der Waals surface area contributed by atoms with E-state index < -0.39 is 18.4 Å². The predicted molar refractivity (Wildman–Crippen MR) is 108 cm³/mol. The fraction of sp³-hybridized carbons (Fsp3) is 0.682. The molecule has 0 bridgehead atoms. The summed E-state index contributed by atoms with van der Waals surface area (Å²) in [7, 11) is 0. The topological polar surface area (TPSA) is 36.0 Å². The third-order valence-corrected chi connectivity index (χ3v) is 6.77. The van der Waals surface area contributed by atoms with Gasteiger partial charge in [0.1, 0.15) is 0 Å². The fourth-order valence-electron chi connectivity index (χ4n) is 4.94. The maximum Gasteiger partial charge on any atom is 0.425 e. The van der Waals surface area contributed by atoms with E-state index in [4.69, 9.17) is 0 Å². The van der Waals surface area contributed by atoms with E-state index in [-0.39, 0.29) is 5.41 Å². The van der Waals surface area contributed by atoms with Crippen LogP contribution in [0.25, 0.3) is 0 Å². The Hall–Kier alpha value is -1.96. The average molecular weight is 425 g/mol. The molecule has 3 aliphatic rings. The van der Waals surface area contributed by atoms with Crippen molar-refractivity contribution in [2.45, 2.75) is 51.4 Å². The number of piperidine rings is 1. The lowest BCUT2D eigenvalue weighted by Crippen LogP contribution is -2.60. The average Bonchev–Trinajstić information content (AvgIpc) is 3.21. The lowest BCUT2D eigenvalue weighted by Gasteiger charge is -2.54. The lowest BCUT2D eigenvalue weighted by atomic mass is 9.72. The van der Waals surface area contributed by atoms with E-state index in [2.05, 4.69) is 38.8 Å². The Morgan fingerprint density at radius 3 is 2.37 bits per heavy atom. The molecule has 3 saturated heterocycles. The number of ether oxygens (including phenoxy) is 1. The lowest BCUT2D eigenvalue weighted by molar-refractivity contribution is -0.200. The molecule has 3 aliphatic heterocycles. The Morgan fingerprint density at radius 1 is 1.10 bits per heavy atom. The summed E-state index contributed by atoms with van der Waals surface area (Å²) < 4.78 is 42.4. The highest BCUT2D eigenvalue weighted by Crippen LogP contribution is 2.42. The first-order valence-corrected chi connectivity index (χ1v) is 10.8. The first-order valence-electron chi connectivity index (χ1n) is 10.8. The highest BCUT2D eigenvalue weighted by Gasteiger charge is 2.46. The van der Waals surface area contributed by atoms with E-state index in [1.807, 2.05) is 0 Å². The molecule has 166 valence electrons. The van der Waals surface area contributed by atoms with Crippen LogP contribution in [0, 0.1) is 5.41 Å². The fourth-order valence-corrected chi connectivity index (χ4v) is 4.94. The minimum Gasteiger partial charge on any atom is -0.437 e. The highest BCUT2D eigenvalue weighted by molar-refractivity contribution is 5.68. The summed E-state index contributed by atoms with van der Waals surface area (Å²) in [6, 6.07) is 8.61. The van der Waals surface area contributed by atoms with Crippen molar-refractivity contribution in [2.24, 2.45) is 5.41 Å². The number of halogens is 3. The third-order valence-electron chi connectivity index (χ3n) is 6.77. The smallest absolute Gasteiger partial charge is 0.425 e. The van der Waals surface area contributed by atoms with Crippen molar-refractivity contribution in [1.82, 2.24) is 9.80 Å². The number of likely N-dealkylation sites (tertiary alicyclic amines) is 2. The van der Waals surface area contributed by atoms with Gasteiger partial charge in [-0.3, -0.25) is 4.90 Å². The maximum absolute atomic E-state index is 12.6. The van der Waals surface area contributed by atoms with Crippen LogP contribution < -0.4 is 4.90 Å². The van der Waals surface area contributed by atoms with Gasteiger partial charge in [-0.25, -0.2) is 4.79 Å². The summed E-state index contributed by atoms with van der Waals surface area (Å²) in [4.78, 5) is 18.4. The zero-order chi connectivity index (χ0) is 21.4. The van der Waals surface area contributed by atoms with Crippen LogP contribution in [0.1, 0.15) is 38.2 Å². The molecule has 0 N–H and O–H groups in total. The van der Waals surface area contributed by atoms with Crippen LogP contribution in [0.5, 0.6) is 0 Å². The van der Waals surface area contributed by atoms with Gasteiger partial charge in [0.2, 0.25) is 0 Å². The van der Waals surface area contributed by atoms with Gasteiger partial charge in [0, 0.05) is 51.5 Å². The predicted octanol–water partition coefficient (Wildman–Crippen LogP) is 4.27. The number of benzene rings is 1. The molecule has 0 aromatic heterocycles. The van der Waals surface area contributed by atoms with Gasteiger partial charge in [-0.1, -0.05) is 18.2 Å². The second kappa shape index (κ2) is 8.29. The van der Waals surface area contributed by atoms with Crippen molar-refractivity contribution in [3.8, 4) is 0 Å². The molecular weight excluding hydrogens is 395 g/mol. The molecule has 1 aromatic carbocycles. The highest BCUT2D eigenvalue weighted by atomic mass is 19.4. The Labute approximate surface area is 175 Å². The summed E-state index contributed by atoms with van der Waals surface area (Å²) in [5, 5.41) is 0. The molecule has 0 aliphatic carbocycles. The van der Waals surface area contributed by atoms with Crippen LogP contribution in [-0.4, -0.2) is 67.4 Å².